The summed E-state index contributed by atoms with van der Waals surface area (Å²) in [4.78, 5) is 11.1. The fraction of sp³-hybridized carbons (Fsp3) is 0.500. The molecule has 6 heteroatoms. The second-order valence-electron chi connectivity index (χ2n) is 5.28. The Labute approximate surface area is 117 Å². The number of ether oxygens (including phenoxy) is 1. The standard InChI is InChI=1S/C14H20N2O4/c1-8-5-10(6-11(12(8)15)13(17)18)16-7-14(19)3-4-20-9(14)2/h5-6,9,16,19H,3-4,7,15H2,1-2H3,(H,17,18). The molecular formula is C14H20N2O4. The van der Waals surface area contributed by atoms with Crippen LogP contribution in [0.5, 0.6) is 0 Å². The lowest BCUT2D eigenvalue weighted by atomic mass is 9.96. The van der Waals surface area contributed by atoms with E-state index in [0.29, 0.717) is 30.8 Å². The molecule has 0 aliphatic carbocycles. The molecule has 1 aliphatic heterocycles. The molecule has 2 atom stereocenters. The Morgan fingerprint density at radius 3 is 2.85 bits per heavy atom. The van der Waals surface area contributed by atoms with E-state index in [4.69, 9.17) is 15.6 Å². The topological polar surface area (TPSA) is 105 Å². The number of rotatable bonds is 4. The van der Waals surface area contributed by atoms with E-state index in [0.717, 1.165) is 0 Å². The van der Waals surface area contributed by atoms with Crippen molar-refractivity contribution in [1.29, 1.82) is 0 Å². The molecule has 0 aromatic heterocycles. The number of nitrogens with one attached hydrogen (secondary N) is 1. The monoisotopic (exact) mass is 280 g/mol. The van der Waals surface area contributed by atoms with Crippen LogP contribution in [0.1, 0.15) is 29.3 Å². The van der Waals surface area contributed by atoms with Crippen molar-refractivity contribution in [2.45, 2.75) is 32.0 Å². The molecule has 1 aliphatic rings. The molecule has 2 unspecified atom stereocenters. The van der Waals surface area contributed by atoms with Gasteiger partial charge < -0.3 is 26.0 Å². The van der Waals surface area contributed by atoms with E-state index < -0.39 is 11.6 Å². The van der Waals surface area contributed by atoms with Crippen LogP contribution >= 0.6 is 0 Å². The Morgan fingerprint density at radius 2 is 2.30 bits per heavy atom. The molecule has 0 radical (unpaired) electrons. The van der Waals surface area contributed by atoms with Crippen LogP contribution < -0.4 is 11.1 Å². The van der Waals surface area contributed by atoms with Crippen molar-refractivity contribution in [3.63, 3.8) is 0 Å². The molecule has 0 spiro atoms. The first-order valence-corrected chi connectivity index (χ1v) is 6.55. The molecule has 110 valence electrons. The SMILES string of the molecule is Cc1cc(NCC2(O)CCOC2C)cc(C(=O)O)c1N. The molecule has 1 aromatic carbocycles. The summed E-state index contributed by atoms with van der Waals surface area (Å²) in [6, 6.07) is 3.25. The van der Waals surface area contributed by atoms with Crippen molar-refractivity contribution in [3.05, 3.63) is 23.3 Å². The highest BCUT2D eigenvalue weighted by Crippen LogP contribution is 2.28. The van der Waals surface area contributed by atoms with Crippen LogP contribution in [0.4, 0.5) is 11.4 Å². The largest absolute Gasteiger partial charge is 0.478 e. The van der Waals surface area contributed by atoms with Gasteiger partial charge in [-0.05, 0) is 31.5 Å². The molecule has 5 N–H and O–H groups in total. The highest BCUT2D eigenvalue weighted by molar-refractivity contribution is 5.95. The number of carbonyl (C=O) groups is 1. The van der Waals surface area contributed by atoms with Crippen LogP contribution in [-0.4, -0.2) is 41.0 Å². The van der Waals surface area contributed by atoms with Crippen molar-refractivity contribution in [2.75, 3.05) is 24.2 Å². The third kappa shape index (κ3) is 2.71. The molecule has 2 rings (SSSR count). The minimum atomic E-state index is -1.06. The number of carboxylic acid groups (broad SMARTS) is 1. The van der Waals surface area contributed by atoms with Crippen LogP contribution in [0.25, 0.3) is 0 Å². The fourth-order valence-electron chi connectivity index (χ4n) is 2.34. The van der Waals surface area contributed by atoms with E-state index >= 15 is 0 Å². The Bertz CT molecular complexity index is 532. The molecule has 0 bridgehead atoms. The molecule has 1 saturated heterocycles. The Kier molecular flexibility index (Phi) is 3.87. The zero-order valence-corrected chi connectivity index (χ0v) is 11.6. The second kappa shape index (κ2) is 5.30. The van der Waals surface area contributed by atoms with Gasteiger partial charge in [0, 0.05) is 30.9 Å². The maximum atomic E-state index is 11.1. The number of aromatic carboxylic acids is 1. The minimum absolute atomic E-state index is 0.0650. The number of benzene rings is 1. The lowest BCUT2D eigenvalue weighted by Crippen LogP contribution is -2.43. The summed E-state index contributed by atoms with van der Waals surface area (Å²) in [5.74, 6) is -1.06. The number of nitrogens with two attached hydrogens (primary N) is 1. The first-order chi connectivity index (χ1) is 9.33. The number of hydrogen-bond acceptors (Lipinski definition) is 5. The third-order valence-corrected chi connectivity index (χ3v) is 3.88. The third-order valence-electron chi connectivity index (χ3n) is 3.88. The van der Waals surface area contributed by atoms with E-state index in [-0.39, 0.29) is 17.4 Å². The van der Waals surface area contributed by atoms with E-state index in [9.17, 15) is 9.90 Å². The predicted molar refractivity (Wildman–Crippen MR) is 76.0 cm³/mol. The highest BCUT2D eigenvalue weighted by Gasteiger charge is 2.39. The maximum absolute atomic E-state index is 11.1. The van der Waals surface area contributed by atoms with Gasteiger partial charge in [-0.2, -0.15) is 0 Å². The number of aryl methyl sites for hydroxylation is 1. The zero-order chi connectivity index (χ0) is 14.9. The van der Waals surface area contributed by atoms with Crippen molar-refractivity contribution < 1.29 is 19.7 Å². The van der Waals surface area contributed by atoms with Gasteiger partial charge in [-0.3, -0.25) is 0 Å². The Morgan fingerprint density at radius 1 is 1.60 bits per heavy atom. The first-order valence-electron chi connectivity index (χ1n) is 6.55. The van der Waals surface area contributed by atoms with Gasteiger partial charge in [-0.1, -0.05) is 0 Å². The van der Waals surface area contributed by atoms with Gasteiger partial charge in [0.1, 0.15) is 5.60 Å². The van der Waals surface area contributed by atoms with E-state index in [1.165, 1.54) is 6.07 Å². The van der Waals surface area contributed by atoms with E-state index in [1.807, 2.05) is 6.92 Å². The van der Waals surface area contributed by atoms with Crippen LogP contribution in [-0.2, 0) is 4.74 Å². The summed E-state index contributed by atoms with van der Waals surface area (Å²) in [6.07, 6.45) is 0.310. The lowest BCUT2D eigenvalue weighted by Gasteiger charge is -2.27. The summed E-state index contributed by atoms with van der Waals surface area (Å²) >= 11 is 0. The minimum Gasteiger partial charge on any atom is -0.478 e. The molecular weight excluding hydrogens is 260 g/mol. The van der Waals surface area contributed by atoms with Gasteiger partial charge in [0.15, 0.2) is 0 Å². The maximum Gasteiger partial charge on any atom is 0.337 e. The number of nitrogen functional groups attached to an aromatic ring is 1. The molecule has 20 heavy (non-hydrogen) atoms. The van der Waals surface area contributed by atoms with Gasteiger partial charge in [-0.25, -0.2) is 4.79 Å². The zero-order valence-electron chi connectivity index (χ0n) is 11.6. The number of hydrogen-bond donors (Lipinski definition) is 4. The normalized spacial score (nSPS) is 25.6. The van der Waals surface area contributed by atoms with Crippen molar-refractivity contribution in [3.8, 4) is 0 Å². The van der Waals surface area contributed by atoms with Crippen molar-refractivity contribution >= 4 is 17.3 Å². The van der Waals surface area contributed by atoms with Gasteiger partial charge in [0.2, 0.25) is 0 Å². The fourth-order valence-corrected chi connectivity index (χ4v) is 2.34. The van der Waals surface area contributed by atoms with Crippen molar-refractivity contribution in [2.24, 2.45) is 0 Å². The molecule has 1 fully saturated rings. The second-order valence-corrected chi connectivity index (χ2v) is 5.28. The van der Waals surface area contributed by atoms with E-state index in [2.05, 4.69) is 5.32 Å². The smallest absolute Gasteiger partial charge is 0.337 e. The molecule has 1 aromatic rings. The summed E-state index contributed by atoms with van der Waals surface area (Å²) in [6.45, 7) is 4.41. The van der Waals surface area contributed by atoms with Crippen LogP contribution in [0.15, 0.2) is 12.1 Å². The van der Waals surface area contributed by atoms with Crippen molar-refractivity contribution in [1.82, 2.24) is 0 Å². The molecule has 6 nitrogen and oxygen atoms in total. The van der Waals surface area contributed by atoms with Crippen LogP contribution in [0.2, 0.25) is 0 Å². The first kappa shape index (κ1) is 14.6. The summed E-state index contributed by atoms with van der Waals surface area (Å²) in [7, 11) is 0. The van der Waals surface area contributed by atoms with Gasteiger partial charge in [0.25, 0.3) is 0 Å². The highest BCUT2D eigenvalue weighted by atomic mass is 16.5. The molecule has 0 saturated carbocycles. The Balaban J connectivity index is 2.16. The van der Waals surface area contributed by atoms with E-state index in [1.54, 1.807) is 13.0 Å². The lowest BCUT2D eigenvalue weighted by molar-refractivity contribution is -0.0175. The summed E-state index contributed by atoms with van der Waals surface area (Å²) in [5, 5.41) is 22.6. The quantitative estimate of drug-likeness (QED) is 0.618. The van der Waals surface area contributed by atoms with Crippen LogP contribution in [0.3, 0.4) is 0 Å². The van der Waals surface area contributed by atoms with Gasteiger partial charge in [-0.15, -0.1) is 0 Å². The summed E-state index contributed by atoms with van der Waals surface area (Å²) < 4.78 is 5.36. The van der Waals surface area contributed by atoms with Gasteiger partial charge in [0.05, 0.1) is 11.7 Å². The summed E-state index contributed by atoms with van der Waals surface area (Å²) in [5.41, 5.74) is 6.45. The van der Waals surface area contributed by atoms with Gasteiger partial charge >= 0.3 is 5.97 Å². The average Bonchev–Trinajstić information content (AvgIpc) is 2.71. The molecule has 1 heterocycles. The average molecular weight is 280 g/mol. The Hall–Kier alpha value is -1.79. The predicted octanol–water partition coefficient (Wildman–Crippen LogP) is 1.23. The number of aliphatic hydroxyl groups is 1. The number of anilines is 2. The van der Waals surface area contributed by atoms with Crippen LogP contribution in [0, 0.1) is 6.92 Å². The number of carboxylic acids is 1. The molecule has 0 amide bonds.